The van der Waals surface area contributed by atoms with Crippen LogP contribution in [0.25, 0.3) is 11.5 Å². The Bertz CT molecular complexity index is 810. The van der Waals surface area contributed by atoms with Gasteiger partial charge in [0.1, 0.15) is 5.82 Å². The van der Waals surface area contributed by atoms with E-state index in [2.05, 4.69) is 42.1 Å². The van der Waals surface area contributed by atoms with Gasteiger partial charge in [-0.1, -0.05) is 45.9 Å². The second-order valence-corrected chi connectivity index (χ2v) is 7.01. The van der Waals surface area contributed by atoms with Crippen LogP contribution in [-0.2, 0) is 5.75 Å². The van der Waals surface area contributed by atoms with Crippen LogP contribution in [0, 0.1) is 5.82 Å². The number of hydrogen-bond acceptors (Lipinski definition) is 4. The molecule has 0 unspecified atom stereocenters. The monoisotopic (exact) mass is 442 g/mol. The lowest BCUT2D eigenvalue weighted by atomic mass is 10.2. The first kappa shape index (κ1) is 15.7. The average Bonchev–Trinajstić information content (AvgIpc) is 2.95. The summed E-state index contributed by atoms with van der Waals surface area (Å²) in [6, 6.07) is 12.3. The van der Waals surface area contributed by atoms with E-state index in [1.807, 2.05) is 24.3 Å². The molecule has 0 radical (unpaired) electrons. The average molecular weight is 444 g/mol. The summed E-state index contributed by atoms with van der Waals surface area (Å²) in [7, 11) is 0. The second kappa shape index (κ2) is 6.93. The molecule has 0 saturated carbocycles. The van der Waals surface area contributed by atoms with Crippen LogP contribution in [0.4, 0.5) is 4.39 Å². The topological polar surface area (TPSA) is 38.9 Å². The maximum Gasteiger partial charge on any atom is 0.277 e. The van der Waals surface area contributed by atoms with Gasteiger partial charge in [-0.15, -0.1) is 10.2 Å². The first-order chi connectivity index (χ1) is 10.6. The van der Waals surface area contributed by atoms with Crippen molar-refractivity contribution in [2.45, 2.75) is 11.0 Å². The highest BCUT2D eigenvalue weighted by molar-refractivity contribution is 9.10. The quantitative estimate of drug-likeness (QED) is 0.485. The van der Waals surface area contributed by atoms with Gasteiger partial charge >= 0.3 is 0 Å². The predicted molar refractivity (Wildman–Crippen MR) is 91.1 cm³/mol. The Kier molecular flexibility index (Phi) is 4.95. The van der Waals surface area contributed by atoms with Crippen LogP contribution in [0.3, 0.4) is 0 Å². The number of nitrogens with zero attached hydrogens (tertiary/aromatic N) is 2. The van der Waals surface area contributed by atoms with Gasteiger partial charge in [-0.3, -0.25) is 0 Å². The van der Waals surface area contributed by atoms with Gasteiger partial charge < -0.3 is 4.42 Å². The lowest BCUT2D eigenvalue weighted by Crippen LogP contribution is -1.85. The lowest BCUT2D eigenvalue weighted by molar-refractivity contribution is 0.465. The molecule has 3 rings (SSSR count). The Morgan fingerprint density at radius 3 is 2.64 bits per heavy atom. The summed E-state index contributed by atoms with van der Waals surface area (Å²) in [5, 5.41) is 8.56. The van der Waals surface area contributed by atoms with E-state index in [-0.39, 0.29) is 5.82 Å². The summed E-state index contributed by atoms with van der Waals surface area (Å²) in [4.78, 5) is 0. The maximum atomic E-state index is 13.1. The van der Waals surface area contributed by atoms with E-state index in [1.165, 1.54) is 23.9 Å². The zero-order valence-electron chi connectivity index (χ0n) is 11.1. The van der Waals surface area contributed by atoms with Crippen LogP contribution in [0.2, 0.25) is 0 Å². The molecule has 112 valence electrons. The minimum Gasteiger partial charge on any atom is -0.411 e. The van der Waals surface area contributed by atoms with Crippen molar-refractivity contribution < 1.29 is 8.81 Å². The lowest BCUT2D eigenvalue weighted by Gasteiger charge is -2.02. The van der Waals surface area contributed by atoms with Gasteiger partial charge in [0.05, 0.1) is 5.56 Å². The molecule has 1 aromatic heterocycles. The van der Waals surface area contributed by atoms with Crippen LogP contribution in [0.15, 0.2) is 61.0 Å². The van der Waals surface area contributed by atoms with E-state index in [0.717, 1.165) is 20.1 Å². The second-order valence-electron chi connectivity index (χ2n) is 4.38. The Hall–Kier alpha value is -1.18. The number of rotatable bonds is 4. The van der Waals surface area contributed by atoms with Crippen molar-refractivity contribution in [2.75, 3.05) is 0 Å². The van der Waals surface area contributed by atoms with E-state index in [4.69, 9.17) is 4.42 Å². The minimum atomic E-state index is -0.269. The molecule has 1 heterocycles. The van der Waals surface area contributed by atoms with E-state index in [1.54, 1.807) is 6.07 Å². The normalized spacial score (nSPS) is 10.9. The molecule has 0 bridgehead atoms. The van der Waals surface area contributed by atoms with E-state index < -0.39 is 0 Å². The molecule has 0 amide bonds. The predicted octanol–water partition coefficient (Wildman–Crippen LogP) is 5.69. The van der Waals surface area contributed by atoms with Crippen LogP contribution in [0.1, 0.15) is 5.56 Å². The third-order valence-electron chi connectivity index (χ3n) is 2.88. The van der Waals surface area contributed by atoms with Crippen LogP contribution >= 0.6 is 43.6 Å². The first-order valence-electron chi connectivity index (χ1n) is 6.28. The Balaban J connectivity index is 1.74. The molecular formula is C15H9Br2FN2OS. The molecule has 0 aliphatic rings. The molecule has 0 aliphatic carbocycles. The fourth-order valence-electron chi connectivity index (χ4n) is 1.79. The molecule has 0 spiro atoms. The summed E-state index contributed by atoms with van der Waals surface area (Å²) >= 11 is 8.21. The number of benzene rings is 2. The zero-order chi connectivity index (χ0) is 15.5. The van der Waals surface area contributed by atoms with Crippen molar-refractivity contribution in [1.29, 1.82) is 0 Å². The highest BCUT2D eigenvalue weighted by atomic mass is 79.9. The summed E-state index contributed by atoms with van der Waals surface area (Å²) in [6.45, 7) is 0. The van der Waals surface area contributed by atoms with Crippen LogP contribution in [0.5, 0.6) is 0 Å². The zero-order valence-corrected chi connectivity index (χ0v) is 15.1. The fourth-order valence-corrected chi connectivity index (χ4v) is 3.69. The van der Waals surface area contributed by atoms with Gasteiger partial charge in [0, 0.05) is 14.7 Å². The van der Waals surface area contributed by atoms with E-state index >= 15 is 0 Å². The van der Waals surface area contributed by atoms with Crippen molar-refractivity contribution >= 4 is 43.6 Å². The number of hydrogen-bond donors (Lipinski definition) is 0. The molecule has 0 atom stereocenters. The van der Waals surface area contributed by atoms with Crippen molar-refractivity contribution in [3.63, 3.8) is 0 Å². The molecule has 3 nitrogen and oxygen atoms in total. The third-order valence-corrected chi connectivity index (χ3v) is 5.17. The highest BCUT2D eigenvalue weighted by Crippen LogP contribution is 2.31. The third kappa shape index (κ3) is 3.59. The number of aromatic nitrogens is 2. The number of thioether (sulfide) groups is 1. The fraction of sp³-hybridized carbons (Fsp3) is 0.0667. The summed E-state index contributed by atoms with van der Waals surface area (Å²) in [6.07, 6.45) is 0. The van der Waals surface area contributed by atoms with Crippen molar-refractivity contribution in [3.8, 4) is 11.5 Å². The van der Waals surface area contributed by atoms with Gasteiger partial charge in [-0.2, -0.15) is 0 Å². The van der Waals surface area contributed by atoms with Crippen LogP contribution in [-0.4, -0.2) is 10.2 Å². The maximum absolute atomic E-state index is 13.1. The molecule has 3 aromatic rings. The molecule has 22 heavy (non-hydrogen) atoms. The van der Waals surface area contributed by atoms with Crippen LogP contribution < -0.4 is 0 Å². The van der Waals surface area contributed by atoms with E-state index in [9.17, 15) is 4.39 Å². The largest absolute Gasteiger partial charge is 0.411 e. The van der Waals surface area contributed by atoms with Gasteiger partial charge in [-0.05, 0) is 45.8 Å². The highest BCUT2D eigenvalue weighted by Gasteiger charge is 2.12. The summed E-state index contributed by atoms with van der Waals surface area (Å²) in [5.41, 5.74) is 1.82. The number of halogens is 3. The molecule has 0 N–H and O–H groups in total. The Morgan fingerprint density at radius 2 is 1.86 bits per heavy atom. The smallest absolute Gasteiger partial charge is 0.277 e. The molecule has 7 heteroatoms. The molecule has 2 aromatic carbocycles. The van der Waals surface area contributed by atoms with Crippen molar-refractivity contribution in [3.05, 3.63) is 62.8 Å². The Morgan fingerprint density at radius 1 is 1.05 bits per heavy atom. The standard InChI is InChI=1S/C15H9Br2FN2OS/c16-12-4-2-1-3-11(12)14-19-20-15(21-14)22-8-9-5-6-10(18)7-13(9)17/h1-7H,8H2. The van der Waals surface area contributed by atoms with Gasteiger partial charge in [-0.25, -0.2) is 4.39 Å². The molecule has 0 aliphatic heterocycles. The summed E-state index contributed by atoms with van der Waals surface area (Å²) < 4.78 is 20.3. The van der Waals surface area contributed by atoms with Crippen molar-refractivity contribution in [2.24, 2.45) is 0 Å². The van der Waals surface area contributed by atoms with Gasteiger partial charge in [0.25, 0.3) is 5.22 Å². The SMILES string of the molecule is Fc1ccc(CSc2nnc(-c3ccccc3Br)o2)c(Br)c1. The van der Waals surface area contributed by atoms with Crippen molar-refractivity contribution in [1.82, 2.24) is 10.2 Å². The van der Waals surface area contributed by atoms with Gasteiger partial charge in [0.2, 0.25) is 5.89 Å². The van der Waals surface area contributed by atoms with Gasteiger partial charge in [0.15, 0.2) is 0 Å². The molecular weight excluding hydrogens is 435 g/mol. The molecule has 0 fully saturated rings. The van der Waals surface area contributed by atoms with E-state index in [0.29, 0.717) is 16.9 Å². The molecule has 0 saturated heterocycles. The first-order valence-corrected chi connectivity index (χ1v) is 8.86. The Labute approximate surface area is 147 Å². The minimum absolute atomic E-state index is 0.269. The summed E-state index contributed by atoms with van der Waals surface area (Å²) in [5.74, 6) is 0.807.